The molecule has 1 aromatic heterocycles. The van der Waals surface area contributed by atoms with E-state index < -0.39 is 17.5 Å². The fourth-order valence-corrected chi connectivity index (χ4v) is 2.87. The van der Waals surface area contributed by atoms with E-state index in [0.29, 0.717) is 21.4 Å². The third kappa shape index (κ3) is 4.30. The number of nitrogens with one attached hydrogen (secondary N) is 1. The van der Waals surface area contributed by atoms with Crippen LogP contribution in [0.1, 0.15) is 27.0 Å². The molecular formula is C15H13ClN2O5S. The Morgan fingerprint density at radius 1 is 1.33 bits per heavy atom. The maximum Gasteiger partial charge on any atom is 0.338 e. The lowest BCUT2D eigenvalue weighted by Crippen LogP contribution is -2.14. The Bertz CT molecular complexity index is 790. The van der Waals surface area contributed by atoms with E-state index in [1.165, 1.54) is 12.1 Å². The number of nitrogens with zero attached hydrogens (tertiary/aromatic N) is 1. The van der Waals surface area contributed by atoms with E-state index in [1.54, 1.807) is 19.1 Å². The van der Waals surface area contributed by atoms with Gasteiger partial charge in [0.2, 0.25) is 5.78 Å². The molecule has 9 heteroatoms. The molecule has 7 nitrogen and oxygen atoms in total. The largest absolute Gasteiger partial charge is 0.454 e. The van der Waals surface area contributed by atoms with Crippen molar-refractivity contribution in [1.82, 2.24) is 0 Å². The van der Waals surface area contributed by atoms with Gasteiger partial charge < -0.3 is 10.1 Å². The fourth-order valence-electron chi connectivity index (χ4n) is 1.90. The highest BCUT2D eigenvalue weighted by Crippen LogP contribution is 2.26. The van der Waals surface area contributed by atoms with Gasteiger partial charge in [-0.25, -0.2) is 4.79 Å². The van der Waals surface area contributed by atoms with E-state index in [1.807, 2.05) is 0 Å². The molecule has 24 heavy (non-hydrogen) atoms. The summed E-state index contributed by atoms with van der Waals surface area (Å²) in [5.41, 5.74) is 0.0754. The minimum Gasteiger partial charge on any atom is -0.454 e. The summed E-state index contributed by atoms with van der Waals surface area (Å²) in [5.74, 6) is -1.20. The number of benzene rings is 1. The third-order valence-electron chi connectivity index (χ3n) is 2.98. The monoisotopic (exact) mass is 368 g/mol. The number of thiophene rings is 1. The number of hydrogen-bond donors (Lipinski definition) is 1. The first-order valence-electron chi connectivity index (χ1n) is 6.90. The first-order valence-corrected chi connectivity index (χ1v) is 8.09. The van der Waals surface area contributed by atoms with Gasteiger partial charge in [0.05, 0.1) is 19.7 Å². The van der Waals surface area contributed by atoms with Gasteiger partial charge in [0, 0.05) is 12.6 Å². The molecule has 0 atom stereocenters. The molecule has 0 amide bonds. The Labute approximate surface area is 146 Å². The molecule has 1 heterocycles. The lowest BCUT2D eigenvalue weighted by Gasteiger charge is -2.07. The number of carbonyl (C=O) groups is 2. The Hall–Kier alpha value is -2.45. The van der Waals surface area contributed by atoms with Crippen molar-refractivity contribution < 1.29 is 19.2 Å². The van der Waals surface area contributed by atoms with Crippen LogP contribution >= 0.6 is 22.9 Å². The zero-order chi connectivity index (χ0) is 17.7. The van der Waals surface area contributed by atoms with Crippen LogP contribution in [0.5, 0.6) is 0 Å². The Balaban J connectivity index is 2.08. The van der Waals surface area contributed by atoms with Gasteiger partial charge >= 0.3 is 5.97 Å². The van der Waals surface area contributed by atoms with Gasteiger partial charge in [-0.1, -0.05) is 11.6 Å². The summed E-state index contributed by atoms with van der Waals surface area (Å²) in [5, 5.41) is 13.9. The van der Waals surface area contributed by atoms with E-state index in [-0.39, 0.29) is 17.0 Å². The average molecular weight is 369 g/mol. The maximum atomic E-state index is 12.0. The summed E-state index contributed by atoms with van der Waals surface area (Å²) >= 11 is 6.82. The van der Waals surface area contributed by atoms with E-state index in [0.717, 1.165) is 17.4 Å². The van der Waals surface area contributed by atoms with Crippen molar-refractivity contribution in [2.45, 2.75) is 6.92 Å². The molecule has 0 fully saturated rings. The highest BCUT2D eigenvalue weighted by molar-refractivity contribution is 7.18. The number of esters is 1. The molecule has 2 rings (SSSR count). The Kier molecular flexibility index (Phi) is 5.88. The fraction of sp³-hybridized carbons (Fsp3) is 0.200. The van der Waals surface area contributed by atoms with Crippen LogP contribution in [0.15, 0.2) is 30.3 Å². The number of halogens is 1. The minimum absolute atomic E-state index is 0.000338. The minimum atomic E-state index is -0.808. The molecule has 0 aliphatic carbocycles. The van der Waals surface area contributed by atoms with Crippen molar-refractivity contribution in [1.29, 1.82) is 0 Å². The van der Waals surface area contributed by atoms with Gasteiger partial charge in [-0.15, -0.1) is 11.3 Å². The SMILES string of the molecule is CCNc1ccc(C(=O)OCC(=O)c2ccc(Cl)s2)cc1[N+](=O)[O-]. The predicted molar refractivity (Wildman–Crippen MR) is 91.2 cm³/mol. The van der Waals surface area contributed by atoms with Gasteiger partial charge in [-0.05, 0) is 31.2 Å². The molecule has 0 spiro atoms. The van der Waals surface area contributed by atoms with Crippen molar-refractivity contribution in [3.8, 4) is 0 Å². The summed E-state index contributed by atoms with van der Waals surface area (Å²) in [6, 6.07) is 7.06. The van der Waals surface area contributed by atoms with E-state index >= 15 is 0 Å². The second-order valence-corrected chi connectivity index (χ2v) is 6.34. The molecule has 1 N–H and O–H groups in total. The third-order valence-corrected chi connectivity index (χ3v) is 4.25. The first-order chi connectivity index (χ1) is 11.4. The van der Waals surface area contributed by atoms with E-state index in [2.05, 4.69) is 5.32 Å². The molecule has 0 saturated carbocycles. The molecule has 126 valence electrons. The zero-order valence-electron chi connectivity index (χ0n) is 12.6. The standard InChI is InChI=1S/C15H13ClN2O5S/c1-2-17-10-4-3-9(7-11(10)18(21)22)15(20)23-8-12(19)13-5-6-14(16)24-13/h3-7,17H,2,8H2,1H3. The van der Waals surface area contributed by atoms with Gasteiger partial charge in [0.25, 0.3) is 5.69 Å². The second kappa shape index (κ2) is 7.89. The van der Waals surface area contributed by atoms with Crippen molar-refractivity contribution in [3.63, 3.8) is 0 Å². The first kappa shape index (κ1) is 17.9. The molecular weight excluding hydrogens is 356 g/mol. The molecule has 0 aliphatic heterocycles. The Morgan fingerprint density at radius 2 is 2.08 bits per heavy atom. The molecule has 2 aromatic rings. The highest BCUT2D eigenvalue weighted by atomic mass is 35.5. The van der Waals surface area contributed by atoms with Gasteiger partial charge in [0.15, 0.2) is 6.61 Å². The number of Topliss-reactive ketones (excluding diaryl/α,β-unsaturated/α-hetero) is 1. The maximum absolute atomic E-state index is 12.0. The lowest BCUT2D eigenvalue weighted by molar-refractivity contribution is -0.384. The molecule has 0 radical (unpaired) electrons. The van der Waals surface area contributed by atoms with Crippen LogP contribution in [-0.4, -0.2) is 29.8 Å². The summed E-state index contributed by atoms with van der Waals surface area (Å²) < 4.78 is 5.38. The van der Waals surface area contributed by atoms with Crippen LogP contribution < -0.4 is 5.32 Å². The normalized spacial score (nSPS) is 10.2. The smallest absolute Gasteiger partial charge is 0.338 e. The number of rotatable bonds is 7. The number of nitro benzene ring substituents is 1. The van der Waals surface area contributed by atoms with Crippen LogP contribution in [0.3, 0.4) is 0 Å². The number of carbonyl (C=O) groups excluding carboxylic acids is 2. The van der Waals surface area contributed by atoms with Crippen LogP contribution in [0.25, 0.3) is 0 Å². The van der Waals surface area contributed by atoms with Crippen molar-refractivity contribution >= 4 is 46.1 Å². The summed E-state index contributed by atoms with van der Waals surface area (Å²) in [4.78, 5) is 34.7. The molecule has 0 aliphatic rings. The molecule has 0 saturated heterocycles. The number of nitro groups is 1. The topological polar surface area (TPSA) is 98.5 Å². The summed E-state index contributed by atoms with van der Waals surface area (Å²) in [7, 11) is 0. The Morgan fingerprint density at radius 3 is 2.67 bits per heavy atom. The van der Waals surface area contributed by atoms with Crippen LogP contribution in [-0.2, 0) is 4.74 Å². The predicted octanol–water partition coefficient (Wildman–Crippen LogP) is 3.78. The average Bonchev–Trinajstić information content (AvgIpc) is 2.99. The van der Waals surface area contributed by atoms with Gasteiger partial charge in [-0.3, -0.25) is 14.9 Å². The number of hydrogen-bond acceptors (Lipinski definition) is 7. The molecule has 1 aromatic carbocycles. The van der Waals surface area contributed by atoms with Gasteiger partial charge in [-0.2, -0.15) is 0 Å². The number of ketones is 1. The van der Waals surface area contributed by atoms with Crippen molar-refractivity contribution in [3.05, 3.63) is 55.2 Å². The van der Waals surface area contributed by atoms with E-state index in [9.17, 15) is 19.7 Å². The molecule has 0 bridgehead atoms. The summed E-state index contributed by atoms with van der Waals surface area (Å²) in [6.45, 7) is 1.84. The number of anilines is 1. The lowest BCUT2D eigenvalue weighted by atomic mass is 10.1. The quantitative estimate of drug-likeness (QED) is 0.345. The van der Waals surface area contributed by atoms with Crippen LogP contribution in [0, 0.1) is 10.1 Å². The van der Waals surface area contributed by atoms with E-state index in [4.69, 9.17) is 16.3 Å². The zero-order valence-corrected chi connectivity index (χ0v) is 14.1. The van der Waals surface area contributed by atoms with Crippen LogP contribution in [0.2, 0.25) is 4.34 Å². The van der Waals surface area contributed by atoms with Crippen LogP contribution in [0.4, 0.5) is 11.4 Å². The van der Waals surface area contributed by atoms with Crippen molar-refractivity contribution in [2.75, 3.05) is 18.5 Å². The van der Waals surface area contributed by atoms with Crippen molar-refractivity contribution in [2.24, 2.45) is 0 Å². The summed E-state index contributed by atoms with van der Waals surface area (Å²) in [6.07, 6.45) is 0. The second-order valence-electron chi connectivity index (χ2n) is 4.62. The highest BCUT2D eigenvalue weighted by Gasteiger charge is 2.19. The number of ether oxygens (including phenoxy) is 1. The molecule has 0 unspecified atom stereocenters. The van der Waals surface area contributed by atoms with Gasteiger partial charge in [0.1, 0.15) is 5.69 Å².